The number of likely N-dealkylation sites (tertiary alicyclic amines) is 1. The summed E-state index contributed by atoms with van der Waals surface area (Å²) in [5, 5.41) is 6.70. The molecule has 114 valence electrons. The Morgan fingerprint density at radius 2 is 2.14 bits per heavy atom. The lowest BCUT2D eigenvalue weighted by Crippen LogP contribution is -2.33. The summed E-state index contributed by atoms with van der Waals surface area (Å²) in [6, 6.07) is 2.12. The Bertz CT molecular complexity index is 587. The zero-order valence-corrected chi connectivity index (χ0v) is 13.7. The molecule has 4 nitrogen and oxygen atoms in total. The van der Waals surface area contributed by atoms with Gasteiger partial charge in [-0.2, -0.15) is 0 Å². The molecule has 5 heteroatoms. The van der Waals surface area contributed by atoms with Crippen LogP contribution in [0.3, 0.4) is 0 Å². The molecule has 0 aromatic carbocycles. The van der Waals surface area contributed by atoms with E-state index >= 15 is 0 Å². The van der Waals surface area contributed by atoms with Crippen LogP contribution in [0.15, 0.2) is 11.4 Å². The Balaban J connectivity index is 1.78. The predicted octanol–water partition coefficient (Wildman–Crippen LogP) is 3.75. The maximum atomic E-state index is 4.77. The summed E-state index contributed by atoms with van der Waals surface area (Å²) in [5.41, 5.74) is 0. The normalized spacial score (nSPS) is 17.4. The molecule has 1 fully saturated rings. The molecule has 0 unspecified atom stereocenters. The summed E-state index contributed by atoms with van der Waals surface area (Å²) in [5.74, 6) is 2.82. The van der Waals surface area contributed by atoms with E-state index in [-0.39, 0.29) is 0 Å². The minimum atomic E-state index is 0.865. The Kier molecular flexibility index (Phi) is 4.70. The number of anilines is 1. The standard InChI is InChI=1S/C16H24N4S/c1-3-7-17-15-13-6-10-21-16(13)19-14(18-15)11-20-8-4-12(2)5-9-20/h6,10,12H,3-5,7-9,11H2,1-2H3,(H,17,18,19). The molecule has 0 saturated carbocycles. The average Bonchev–Trinajstić information content (AvgIpc) is 2.95. The van der Waals surface area contributed by atoms with Crippen molar-refractivity contribution in [2.75, 3.05) is 25.0 Å². The molecule has 1 aliphatic rings. The van der Waals surface area contributed by atoms with Gasteiger partial charge in [0.15, 0.2) is 0 Å². The Hall–Kier alpha value is -1.20. The third kappa shape index (κ3) is 3.52. The molecule has 3 rings (SSSR count). The van der Waals surface area contributed by atoms with Gasteiger partial charge in [0.2, 0.25) is 0 Å². The van der Waals surface area contributed by atoms with E-state index in [4.69, 9.17) is 9.97 Å². The van der Waals surface area contributed by atoms with Crippen LogP contribution in [0.1, 0.15) is 38.9 Å². The van der Waals surface area contributed by atoms with Crippen LogP contribution < -0.4 is 5.32 Å². The number of nitrogens with zero attached hydrogens (tertiary/aromatic N) is 3. The van der Waals surface area contributed by atoms with Gasteiger partial charge in [-0.05, 0) is 49.7 Å². The fourth-order valence-corrected chi connectivity index (χ4v) is 3.55. The van der Waals surface area contributed by atoms with Gasteiger partial charge in [0.05, 0.1) is 11.9 Å². The van der Waals surface area contributed by atoms with Crippen LogP contribution in [-0.4, -0.2) is 34.5 Å². The van der Waals surface area contributed by atoms with Crippen molar-refractivity contribution in [2.24, 2.45) is 5.92 Å². The van der Waals surface area contributed by atoms with Crippen molar-refractivity contribution >= 4 is 27.4 Å². The first-order valence-electron chi connectivity index (χ1n) is 7.96. The zero-order chi connectivity index (χ0) is 14.7. The van der Waals surface area contributed by atoms with E-state index in [0.29, 0.717) is 0 Å². The molecule has 0 radical (unpaired) electrons. The molecule has 0 amide bonds. The minimum absolute atomic E-state index is 0.865. The third-order valence-corrected chi connectivity index (χ3v) is 4.96. The van der Waals surface area contributed by atoms with E-state index in [9.17, 15) is 0 Å². The van der Waals surface area contributed by atoms with Crippen LogP contribution in [0, 0.1) is 5.92 Å². The maximum absolute atomic E-state index is 4.77. The highest BCUT2D eigenvalue weighted by molar-refractivity contribution is 7.16. The molecule has 2 aromatic heterocycles. The third-order valence-electron chi connectivity index (χ3n) is 4.16. The van der Waals surface area contributed by atoms with Gasteiger partial charge in [0, 0.05) is 6.54 Å². The van der Waals surface area contributed by atoms with Gasteiger partial charge < -0.3 is 5.32 Å². The van der Waals surface area contributed by atoms with Crippen LogP contribution in [0.5, 0.6) is 0 Å². The molecule has 0 spiro atoms. The summed E-state index contributed by atoms with van der Waals surface area (Å²) in [6.07, 6.45) is 3.69. The van der Waals surface area contributed by atoms with Gasteiger partial charge in [-0.1, -0.05) is 13.8 Å². The lowest BCUT2D eigenvalue weighted by atomic mass is 9.99. The van der Waals surface area contributed by atoms with Gasteiger partial charge in [-0.15, -0.1) is 11.3 Å². The lowest BCUT2D eigenvalue weighted by molar-refractivity contribution is 0.181. The summed E-state index contributed by atoms with van der Waals surface area (Å²) in [6.45, 7) is 8.70. The first-order chi connectivity index (χ1) is 10.3. The largest absolute Gasteiger partial charge is 0.369 e. The molecular weight excluding hydrogens is 280 g/mol. The van der Waals surface area contributed by atoms with E-state index in [2.05, 4.69) is 35.5 Å². The van der Waals surface area contributed by atoms with Crippen molar-refractivity contribution in [3.05, 3.63) is 17.3 Å². The number of rotatable bonds is 5. The molecule has 3 heterocycles. The number of piperidine rings is 1. The Morgan fingerprint density at radius 3 is 2.90 bits per heavy atom. The summed E-state index contributed by atoms with van der Waals surface area (Å²) >= 11 is 1.70. The molecule has 21 heavy (non-hydrogen) atoms. The molecule has 2 aromatic rings. The van der Waals surface area contributed by atoms with Gasteiger partial charge >= 0.3 is 0 Å². The van der Waals surface area contributed by atoms with Crippen LogP contribution in [0.4, 0.5) is 5.82 Å². The number of fused-ring (bicyclic) bond motifs is 1. The highest BCUT2D eigenvalue weighted by Crippen LogP contribution is 2.26. The van der Waals surface area contributed by atoms with Crippen LogP contribution >= 0.6 is 11.3 Å². The predicted molar refractivity (Wildman–Crippen MR) is 89.9 cm³/mol. The van der Waals surface area contributed by atoms with E-state index < -0.39 is 0 Å². The highest BCUT2D eigenvalue weighted by Gasteiger charge is 2.17. The van der Waals surface area contributed by atoms with Gasteiger partial charge in [-0.25, -0.2) is 9.97 Å². The second-order valence-electron chi connectivity index (χ2n) is 6.01. The number of nitrogens with one attached hydrogen (secondary N) is 1. The zero-order valence-electron chi connectivity index (χ0n) is 12.9. The van der Waals surface area contributed by atoms with Crippen LogP contribution in [0.2, 0.25) is 0 Å². The summed E-state index contributed by atoms with van der Waals surface area (Å²) in [7, 11) is 0. The van der Waals surface area contributed by atoms with Crippen LogP contribution in [0.25, 0.3) is 10.2 Å². The van der Waals surface area contributed by atoms with Gasteiger partial charge in [-0.3, -0.25) is 4.90 Å². The minimum Gasteiger partial charge on any atom is -0.369 e. The van der Waals surface area contributed by atoms with Crippen molar-refractivity contribution in [3.63, 3.8) is 0 Å². The maximum Gasteiger partial charge on any atom is 0.146 e. The smallest absolute Gasteiger partial charge is 0.146 e. The molecule has 0 atom stereocenters. The first kappa shape index (κ1) is 14.7. The van der Waals surface area contributed by atoms with Crippen molar-refractivity contribution in [1.29, 1.82) is 0 Å². The highest BCUT2D eigenvalue weighted by atomic mass is 32.1. The monoisotopic (exact) mass is 304 g/mol. The molecular formula is C16H24N4S. The van der Waals surface area contributed by atoms with Crippen molar-refractivity contribution in [1.82, 2.24) is 14.9 Å². The number of aromatic nitrogens is 2. The summed E-state index contributed by atoms with van der Waals surface area (Å²) in [4.78, 5) is 13.1. The average molecular weight is 304 g/mol. The molecule has 0 aliphatic carbocycles. The van der Waals surface area contributed by atoms with E-state index in [1.54, 1.807) is 11.3 Å². The SMILES string of the molecule is CCCNc1nc(CN2CCC(C)CC2)nc2sccc12. The fourth-order valence-electron chi connectivity index (χ4n) is 2.77. The molecule has 1 saturated heterocycles. The quantitative estimate of drug-likeness (QED) is 0.913. The van der Waals surface area contributed by atoms with Gasteiger partial charge in [0.25, 0.3) is 0 Å². The number of hydrogen-bond acceptors (Lipinski definition) is 5. The Morgan fingerprint density at radius 1 is 1.33 bits per heavy atom. The van der Waals surface area contributed by atoms with Crippen molar-refractivity contribution < 1.29 is 0 Å². The number of thiophene rings is 1. The first-order valence-corrected chi connectivity index (χ1v) is 8.84. The van der Waals surface area contributed by atoms with Crippen LogP contribution in [-0.2, 0) is 6.54 Å². The van der Waals surface area contributed by atoms with Crippen molar-refractivity contribution in [3.8, 4) is 0 Å². The second kappa shape index (κ2) is 6.71. The second-order valence-corrected chi connectivity index (χ2v) is 6.91. The molecule has 0 bridgehead atoms. The van der Waals surface area contributed by atoms with Crippen molar-refractivity contribution in [2.45, 2.75) is 39.7 Å². The summed E-state index contributed by atoms with van der Waals surface area (Å²) < 4.78 is 0. The molecule has 1 N–H and O–H groups in total. The Labute approximate surface area is 130 Å². The molecule has 1 aliphatic heterocycles. The topological polar surface area (TPSA) is 41.1 Å². The number of hydrogen-bond donors (Lipinski definition) is 1. The fraction of sp³-hybridized carbons (Fsp3) is 0.625. The van der Waals surface area contributed by atoms with Gasteiger partial charge in [0.1, 0.15) is 16.5 Å². The lowest BCUT2D eigenvalue weighted by Gasteiger charge is -2.29. The van der Waals surface area contributed by atoms with E-state index in [1.807, 2.05) is 0 Å². The van der Waals surface area contributed by atoms with E-state index in [0.717, 1.165) is 47.3 Å². The van der Waals surface area contributed by atoms with E-state index in [1.165, 1.54) is 25.9 Å².